The summed E-state index contributed by atoms with van der Waals surface area (Å²) in [5.74, 6) is -0.469. The lowest BCUT2D eigenvalue weighted by Gasteiger charge is -2.04. The Labute approximate surface area is 142 Å². The van der Waals surface area contributed by atoms with Crippen LogP contribution in [-0.2, 0) is 14.3 Å². The number of amidine groups is 1. The maximum atomic E-state index is 11.6. The van der Waals surface area contributed by atoms with Gasteiger partial charge in [0.2, 0.25) is 0 Å². The van der Waals surface area contributed by atoms with Gasteiger partial charge in [0.1, 0.15) is 11.5 Å². The summed E-state index contributed by atoms with van der Waals surface area (Å²) in [7, 11) is 1.22. The number of benzene rings is 1. The second kappa shape index (κ2) is 8.16. The molecule has 0 aliphatic carbocycles. The van der Waals surface area contributed by atoms with E-state index in [0.717, 1.165) is 17.8 Å². The highest BCUT2D eigenvalue weighted by atomic mass is 32.2. The SMILES string of the molecule is CCOc1ccc(O)c(C=N/N=C2/NC(=O)/C(=C\C(=O)OC)S2)c1. The third-order valence-electron chi connectivity index (χ3n) is 2.76. The van der Waals surface area contributed by atoms with Crippen molar-refractivity contribution in [3.63, 3.8) is 0 Å². The van der Waals surface area contributed by atoms with Crippen LogP contribution in [0.3, 0.4) is 0 Å². The summed E-state index contributed by atoms with van der Waals surface area (Å²) >= 11 is 0.962. The molecule has 1 heterocycles. The van der Waals surface area contributed by atoms with Gasteiger partial charge in [0, 0.05) is 11.6 Å². The molecule has 0 atom stereocenters. The molecule has 1 aliphatic rings. The number of carbonyl (C=O) groups excluding carboxylic acids is 2. The topological polar surface area (TPSA) is 110 Å². The lowest BCUT2D eigenvalue weighted by molar-refractivity contribution is -0.135. The highest BCUT2D eigenvalue weighted by Gasteiger charge is 2.24. The van der Waals surface area contributed by atoms with Crippen LogP contribution in [-0.4, -0.2) is 42.1 Å². The third kappa shape index (κ3) is 4.59. The molecule has 8 nitrogen and oxygen atoms in total. The van der Waals surface area contributed by atoms with E-state index in [9.17, 15) is 14.7 Å². The Kier molecular flexibility index (Phi) is 5.96. The van der Waals surface area contributed by atoms with Gasteiger partial charge in [-0.2, -0.15) is 5.10 Å². The first-order chi connectivity index (χ1) is 11.5. The molecule has 1 amide bonds. The van der Waals surface area contributed by atoms with Gasteiger partial charge in [0.05, 0.1) is 24.8 Å². The molecular weight excluding hydrogens is 334 g/mol. The van der Waals surface area contributed by atoms with Crippen molar-refractivity contribution >= 4 is 35.0 Å². The highest BCUT2D eigenvalue weighted by Crippen LogP contribution is 2.24. The fourth-order valence-corrected chi connectivity index (χ4v) is 2.42. The minimum atomic E-state index is -0.630. The second-order valence-electron chi connectivity index (χ2n) is 4.39. The van der Waals surface area contributed by atoms with Crippen molar-refractivity contribution in [3.05, 3.63) is 34.7 Å². The van der Waals surface area contributed by atoms with Crippen LogP contribution in [0.1, 0.15) is 12.5 Å². The van der Waals surface area contributed by atoms with Crippen molar-refractivity contribution in [3.8, 4) is 11.5 Å². The normalized spacial score (nSPS) is 17.5. The molecule has 0 spiro atoms. The van der Waals surface area contributed by atoms with Crippen LogP contribution < -0.4 is 10.1 Å². The number of nitrogens with one attached hydrogen (secondary N) is 1. The maximum absolute atomic E-state index is 11.6. The molecule has 9 heteroatoms. The third-order valence-corrected chi connectivity index (χ3v) is 3.66. The molecule has 2 rings (SSSR count). The highest BCUT2D eigenvalue weighted by molar-refractivity contribution is 8.18. The summed E-state index contributed by atoms with van der Waals surface area (Å²) in [6, 6.07) is 4.74. The molecule has 1 aliphatic heterocycles. The van der Waals surface area contributed by atoms with Crippen LogP contribution in [0.15, 0.2) is 39.4 Å². The number of nitrogens with zero attached hydrogens (tertiary/aromatic N) is 2. The fraction of sp³-hybridized carbons (Fsp3) is 0.200. The van der Waals surface area contributed by atoms with E-state index in [1.54, 1.807) is 12.1 Å². The van der Waals surface area contributed by atoms with E-state index in [0.29, 0.717) is 17.9 Å². The van der Waals surface area contributed by atoms with E-state index < -0.39 is 11.9 Å². The smallest absolute Gasteiger partial charge is 0.331 e. The summed E-state index contributed by atoms with van der Waals surface area (Å²) in [6.45, 7) is 2.35. The first-order valence-electron chi connectivity index (χ1n) is 6.89. The number of aromatic hydroxyl groups is 1. The molecular formula is C15H15N3O5S. The molecule has 0 radical (unpaired) electrons. The Hall–Kier alpha value is -2.81. The first-order valence-corrected chi connectivity index (χ1v) is 7.70. The first kappa shape index (κ1) is 17.5. The van der Waals surface area contributed by atoms with Crippen LogP contribution in [0.4, 0.5) is 0 Å². The number of hydrogen-bond donors (Lipinski definition) is 2. The van der Waals surface area contributed by atoms with Crippen LogP contribution in [0.2, 0.25) is 0 Å². The second-order valence-corrected chi connectivity index (χ2v) is 5.42. The monoisotopic (exact) mass is 349 g/mol. The number of phenolic OH excluding ortho intramolecular Hbond substituents is 1. The maximum Gasteiger partial charge on any atom is 0.331 e. The Morgan fingerprint density at radius 3 is 2.96 bits per heavy atom. The number of esters is 1. The largest absolute Gasteiger partial charge is 0.507 e. The van der Waals surface area contributed by atoms with Crippen molar-refractivity contribution < 1.29 is 24.2 Å². The fourth-order valence-electron chi connectivity index (χ4n) is 1.68. The zero-order chi connectivity index (χ0) is 17.5. The summed E-state index contributed by atoms with van der Waals surface area (Å²) < 4.78 is 9.80. The summed E-state index contributed by atoms with van der Waals surface area (Å²) in [4.78, 5) is 22.9. The van der Waals surface area contributed by atoms with Gasteiger partial charge in [0.25, 0.3) is 5.91 Å². The molecule has 0 aromatic heterocycles. The molecule has 1 saturated heterocycles. The van der Waals surface area contributed by atoms with E-state index in [1.165, 1.54) is 19.4 Å². The zero-order valence-electron chi connectivity index (χ0n) is 13.0. The number of ether oxygens (including phenoxy) is 2. The van der Waals surface area contributed by atoms with E-state index in [1.807, 2.05) is 6.92 Å². The van der Waals surface area contributed by atoms with Gasteiger partial charge in [-0.15, -0.1) is 5.10 Å². The quantitative estimate of drug-likeness (QED) is 0.360. The molecule has 24 heavy (non-hydrogen) atoms. The number of methoxy groups -OCH3 is 1. The number of thioether (sulfide) groups is 1. The molecule has 2 N–H and O–H groups in total. The minimum Gasteiger partial charge on any atom is -0.507 e. The molecule has 0 saturated carbocycles. The van der Waals surface area contributed by atoms with Gasteiger partial charge in [-0.05, 0) is 36.9 Å². The van der Waals surface area contributed by atoms with Gasteiger partial charge < -0.3 is 14.6 Å². The van der Waals surface area contributed by atoms with Crippen molar-refractivity contribution in [2.75, 3.05) is 13.7 Å². The summed E-state index contributed by atoms with van der Waals surface area (Å²) in [6.07, 6.45) is 2.41. The lowest BCUT2D eigenvalue weighted by Crippen LogP contribution is -2.19. The molecule has 1 aromatic carbocycles. The molecule has 1 fully saturated rings. The van der Waals surface area contributed by atoms with Crippen LogP contribution in [0, 0.1) is 0 Å². The van der Waals surface area contributed by atoms with Crippen molar-refractivity contribution in [1.82, 2.24) is 5.32 Å². The van der Waals surface area contributed by atoms with Crippen molar-refractivity contribution in [2.45, 2.75) is 6.92 Å². The Bertz CT molecular complexity index is 743. The molecule has 126 valence electrons. The lowest BCUT2D eigenvalue weighted by atomic mass is 10.2. The van der Waals surface area contributed by atoms with E-state index in [4.69, 9.17) is 4.74 Å². The molecule has 0 unspecified atom stereocenters. The minimum absolute atomic E-state index is 0.0248. The van der Waals surface area contributed by atoms with Crippen LogP contribution in [0.25, 0.3) is 0 Å². The van der Waals surface area contributed by atoms with Crippen molar-refractivity contribution in [2.24, 2.45) is 10.2 Å². The number of phenols is 1. The molecule has 0 bridgehead atoms. The van der Waals surface area contributed by atoms with Crippen LogP contribution >= 0.6 is 11.8 Å². The zero-order valence-corrected chi connectivity index (χ0v) is 13.8. The van der Waals surface area contributed by atoms with Crippen LogP contribution in [0.5, 0.6) is 11.5 Å². The van der Waals surface area contributed by atoms with Gasteiger partial charge in [-0.1, -0.05) is 0 Å². The molecule has 1 aromatic rings. The predicted octanol–water partition coefficient (Wildman–Crippen LogP) is 1.40. The summed E-state index contributed by atoms with van der Waals surface area (Å²) in [5, 5.41) is 20.1. The Morgan fingerprint density at radius 2 is 2.25 bits per heavy atom. The van der Waals surface area contributed by atoms with Gasteiger partial charge >= 0.3 is 5.97 Å². The average molecular weight is 349 g/mol. The van der Waals surface area contributed by atoms with Gasteiger partial charge in [-0.25, -0.2) is 4.79 Å². The number of carbonyl (C=O) groups is 2. The Balaban J connectivity index is 2.10. The number of rotatable bonds is 5. The van der Waals surface area contributed by atoms with Gasteiger partial charge in [-0.3, -0.25) is 10.1 Å². The van der Waals surface area contributed by atoms with E-state index in [-0.39, 0.29) is 15.8 Å². The van der Waals surface area contributed by atoms with Gasteiger partial charge in [0.15, 0.2) is 5.17 Å². The standard InChI is InChI=1S/C15H15N3O5S/c1-3-23-10-4-5-11(19)9(6-10)8-16-18-15-17-14(21)12(24-15)7-13(20)22-2/h4-8,19H,3H2,1-2H3,(H,17,18,21)/b12-7+,16-8?. The Morgan fingerprint density at radius 1 is 1.46 bits per heavy atom. The summed E-state index contributed by atoms with van der Waals surface area (Å²) in [5.41, 5.74) is 0.421. The van der Waals surface area contributed by atoms with E-state index in [2.05, 4.69) is 20.3 Å². The van der Waals surface area contributed by atoms with Crippen molar-refractivity contribution in [1.29, 1.82) is 0 Å². The number of hydrogen-bond acceptors (Lipinski definition) is 8. The average Bonchev–Trinajstić information content (AvgIpc) is 2.90. The van der Waals surface area contributed by atoms with E-state index >= 15 is 0 Å². The number of amides is 1. The predicted molar refractivity (Wildman–Crippen MR) is 90.1 cm³/mol.